The van der Waals surface area contributed by atoms with Gasteiger partial charge >= 0.3 is 0 Å². The molecule has 1 heterocycles. The Kier molecular flexibility index (Phi) is 4.54. The molecule has 17 heavy (non-hydrogen) atoms. The number of rotatable bonds is 3. The molecule has 1 aromatic carbocycles. The largest absolute Gasteiger partial charge is 0.390 e. The minimum atomic E-state index is -0.240. The molecule has 0 radical (unpaired) electrons. The van der Waals surface area contributed by atoms with Crippen LogP contribution in [-0.2, 0) is 6.42 Å². The molecule has 1 fully saturated rings. The van der Waals surface area contributed by atoms with Crippen LogP contribution in [0.2, 0.25) is 0 Å². The van der Waals surface area contributed by atoms with E-state index in [0.717, 1.165) is 26.1 Å². The minimum absolute atomic E-state index is 0.240. The van der Waals surface area contributed by atoms with E-state index in [0.29, 0.717) is 12.6 Å². The van der Waals surface area contributed by atoms with E-state index >= 15 is 0 Å². The summed E-state index contributed by atoms with van der Waals surface area (Å²) in [6.45, 7) is 5.69. The molecular weight excluding hydrogens is 212 g/mol. The molecular formula is C14H22N2O. The Hall–Kier alpha value is -0.900. The Morgan fingerprint density at radius 3 is 2.82 bits per heavy atom. The van der Waals surface area contributed by atoms with Gasteiger partial charge in [0.15, 0.2) is 0 Å². The van der Waals surface area contributed by atoms with Crippen LogP contribution in [0, 0.1) is 0 Å². The zero-order valence-corrected chi connectivity index (χ0v) is 10.5. The van der Waals surface area contributed by atoms with Crippen LogP contribution in [0.3, 0.4) is 0 Å². The molecule has 0 amide bonds. The van der Waals surface area contributed by atoms with E-state index < -0.39 is 0 Å². The first kappa shape index (κ1) is 12.6. The topological polar surface area (TPSA) is 35.5 Å². The average molecular weight is 234 g/mol. The lowest BCUT2D eigenvalue weighted by molar-refractivity contribution is 0.115. The summed E-state index contributed by atoms with van der Waals surface area (Å²) in [7, 11) is 0. The summed E-state index contributed by atoms with van der Waals surface area (Å²) in [4.78, 5) is 2.37. The van der Waals surface area contributed by atoms with Crippen LogP contribution < -0.4 is 5.32 Å². The summed E-state index contributed by atoms with van der Waals surface area (Å²) in [5.74, 6) is 0. The van der Waals surface area contributed by atoms with E-state index in [2.05, 4.69) is 41.4 Å². The molecule has 0 bridgehead atoms. The predicted octanol–water partition coefficient (Wildman–Crippen LogP) is 0.884. The van der Waals surface area contributed by atoms with Crippen LogP contribution in [0.5, 0.6) is 0 Å². The fraction of sp³-hybridized carbons (Fsp3) is 0.571. The number of β-amino-alcohol motifs (C(OH)–C–C–N with tert-alkyl or cyclic N) is 1. The van der Waals surface area contributed by atoms with Gasteiger partial charge in [-0.3, -0.25) is 4.90 Å². The summed E-state index contributed by atoms with van der Waals surface area (Å²) in [6.07, 6.45) is 0.813. The molecule has 0 spiro atoms. The first-order chi connectivity index (χ1) is 8.25. The lowest BCUT2D eigenvalue weighted by atomic mass is 10.1. The summed E-state index contributed by atoms with van der Waals surface area (Å²) < 4.78 is 0. The monoisotopic (exact) mass is 234 g/mol. The van der Waals surface area contributed by atoms with Crippen LogP contribution in [0.4, 0.5) is 0 Å². The Morgan fingerprint density at radius 1 is 1.29 bits per heavy atom. The van der Waals surface area contributed by atoms with Crippen molar-refractivity contribution in [3.63, 3.8) is 0 Å². The van der Waals surface area contributed by atoms with Crippen LogP contribution in [0.25, 0.3) is 0 Å². The number of benzene rings is 1. The van der Waals surface area contributed by atoms with Crippen LogP contribution in [0.1, 0.15) is 12.5 Å². The molecule has 0 aromatic heterocycles. The second kappa shape index (κ2) is 6.15. The highest BCUT2D eigenvalue weighted by Gasteiger charge is 2.20. The van der Waals surface area contributed by atoms with Crippen LogP contribution in [0.15, 0.2) is 30.3 Å². The minimum Gasteiger partial charge on any atom is -0.390 e. The molecule has 1 aromatic rings. The van der Waals surface area contributed by atoms with Gasteiger partial charge in [0.1, 0.15) is 0 Å². The smallest absolute Gasteiger partial charge is 0.0791 e. The summed E-state index contributed by atoms with van der Waals surface area (Å²) in [5, 5.41) is 13.1. The van der Waals surface area contributed by atoms with Gasteiger partial charge in [0.05, 0.1) is 6.10 Å². The molecule has 1 aliphatic rings. The van der Waals surface area contributed by atoms with E-state index in [1.165, 1.54) is 5.56 Å². The van der Waals surface area contributed by atoms with Crippen molar-refractivity contribution >= 4 is 0 Å². The summed E-state index contributed by atoms with van der Waals surface area (Å²) in [6, 6.07) is 11.0. The Balaban J connectivity index is 1.88. The highest BCUT2D eigenvalue weighted by Crippen LogP contribution is 2.07. The van der Waals surface area contributed by atoms with Gasteiger partial charge in [-0.15, -0.1) is 0 Å². The summed E-state index contributed by atoms with van der Waals surface area (Å²) >= 11 is 0. The van der Waals surface area contributed by atoms with Crippen molar-refractivity contribution in [1.82, 2.24) is 10.2 Å². The predicted molar refractivity (Wildman–Crippen MR) is 70.1 cm³/mol. The second-order valence-corrected chi connectivity index (χ2v) is 4.89. The van der Waals surface area contributed by atoms with Crippen molar-refractivity contribution in [1.29, 1.82) is 0 Å². The van der Waals surface area contributed by atoms with Gasteiger partial charge in [0.25, 0.3) is 0 Å². The third kappa shape index (κ3) is 3.80. The molecule has 3 heteroatoms. The third-order valence-electron chi connectivity index (χ3n) is 3.42. The number of nitrogens with zero attached hydrogens (tertiary/aromatic N) is 1. The summed E-state index contributed by atoms with van der Waals surface area (Å²) in [5.41, 5.74) is 1.37. The number of aliphatic hydroxyl groups excluding tert-OH is 1. The first-order valence-corrected chi connectivity index (χ1v) is 6.42. The molecule has 0 aliphatic carbocycles. The molecule has 3 nitrogen and oxygen atoms in total. The standard InChI is InChI=1S/C14H22N2O/c1-12-9-15-10-14(17)11-16(12)8-7-13-5-3-2-4-6-13/h2-6,12,14-15,17H,7-11H2,1H3. The van der Waals surface area contributed by atoms with Gasteiger partial charge in [-0.25, -0.2) is 0 Å². The first-order valence-electron chi connectivity index (χ1n) is 6.42. The van der Waals surface area contributed by atoms with E-state index in [1.54, 1.807) is 0 Å². The highest BCUT2D eigenvalue weighted by molar-refractivity contribution is 5.14. The fourth-order valence-corrected chi connectivity index (χ4v) is 2.33. The van der Waals surface area contributed by atoms with Gasteiger partial charge in [0.2, 0.25) is 0 Å². The highest BCUT2D eigenvalue weighted by atomic mass is 16.3. The SMILES string of the molecule is CC1CNCC(O)CN1CCc1ccccc1. The number of aliphatic hydroxyl groups is 1. The van der Waals surface area contributed by atoms with Gasteiger partial charge < -0.3 is 10.4 Å². The number of hydrogen-bond acceptors (Lipinski definition) is 3. The number of hydrogen-bond donors (Lipinski definition) is 2. The van der Waals surface area contributed by atoms with Crippen molar-refractivity contribution in [2.75, 3.05) is 26.2 Å². The molecule has 2 atom stereocenters. The molecule has 1 saturated heterocycles. The Bertz CT molecular complexity index is 328. The Morgan fingerprint density at radius 2 is 2.06 bits per heavy atom. The van der Waals surface area contributed by atoms with Gasteiger partial charge in [-0.2, -0.15) is 0 Å². The quantitative estimate of drug-likeness (QED) is 0.815. The second-order valence-electron chi connectivity index (χ2n) is 4.89. The van der Waals surface area contributed by atoms with E-state index in [9.17, 15) is 5.11 Å². The molecule has 94 valence electrons. The van der Waals surface area contributed by atoms with Crippen molar-refractivity contribution in [3.8, 4) is 0 Å². The average Bonchev–Trinajstić information content (AvgIpc) is 2.50. The maximum Gasteiger partial charge on any atom is 0.0791 e. The zero-order chi connectivity index (χ0) is 12.1. The molecule has 2 N–H and O–H groups in total. The van der Waals surface area contributed by atoms with Crippen molar-refractivity contribution in [2.24, 2.45) is 0 Å². The maximum atomic E-state index is 9.77. The van der Waals surface area contributed by atoms with E-state index in [4.69, 9.17) is 0 Å². The molecule has 1 aliphatic heterocycles. The van der Waals surface area contributed by atoms with Crippen molar-refractivity contribution in [2.45, 2.75) is 25.5 Å². The molecule has 2 unspecified atom stereocenters. The normalized spacial score (nSPS) is 26.7. The third-order valence-corrected chi connectivity index (χ3v) is 3.42. The number of nitrogens with one attached hydrogen (secondary N) is 1. The molecule has 0 saturated carbocycles. The van der Waals surface area contributed by atoms with E-state index in [-0.39, 0.29) is 6.10 Å². The van der Waals surface area contributed by atoms with Gasteiger partial charge in [-0.1, -0.05) is 30.3 Å². The lowest BCUT2D eigenvalue weighted by Gasteiger charge is -2.27. The maximum absolute atomic E-state index is 9.77. The van der Waals surface area contributed by atoms with E-state index in [1.807, 2.05) is 6.07 Å². The van der Waals surface area contributed by atoms with Gasteiger partial charge in [0, 0.05) is 32.2 Å². The van der Waals surface area contributed by atoms with Gasteiger partial charge in [-0.05, 0) is 18.9 Å². The van der Waals surface area contributed by atoms with Crippen molar-refractivity contribution < 1.29 is 5.11 Å². The lowest BCUT2D eigenvalue weighted by Crippen LogP contribution is -2.40. The van der Waals surface area contributed by atoms with Crippen LogP contribution in [-0.4, -0.2) is 48.3 Å². The fourth-order valence-electron chi connectivity index (χ4n) is 2.33. The van der Waals surface area contributed by atoms with Crippen LogP contribution >= 0.6 is 0 Å². The van der Waals surface area contributed by atoms with Crippen molar-refractivity contribution in [3.05, 3.63) is 35.9 Å². The molecule has 2 rings (SSSR count). The zero-order valence-electron chi connectivity index (χ0n) is 10.5. The Labute approximate surface area is 103 Å².